The van der Waals surface area contributed by atoms with Crippen LogP contribution in [-0.2, 0) is 6.54 Å². The topological polar surface area (TPSA) is 42.7 Å². The smallest absolute Gasteiger partial charge is 0.0783 e. The molecule has 0 saturated carbocycles. The lowest BCUT2D eigenvalue weighted by Crippen LogP contribution is -2.17. The van der Waals surface area contributed by atoms with E-state index >= 15 is 0 Å². The van der Waals surface area contributed by atoms with E-state index in [1.165, 1.54) is 5.56 Å². The molecule has 0 aliphatic rings. The first-order valence-electron chi connectivity index (χ1n) is 6.09. The summed E-state index contributed by atoms with van der Waals surface area (Å²) >= 11 is 3.47. The minimum atomic E-state index is 0.788. The van der Waals surface area contributed by atoms with E-state index in [2.05, 4.69) is 57.5 Å². The fourth-order valence-electron chi connectivity index (χ4n) is 1.83. The molecular formula is C13H17BrN4. The standard InChI is InChI=1S/C13H17BrN4/c1-3-6-15-8-12-9-16-17-18(12)13-5-4-11(14)7-10(13)2/h4-5,7,9,15H,3,6,8H2,1-2H3. The van der Waals surface area contributed by atoms with Crippen molar-refractivity contribution in [3.63, 3.8) is 0 Å². The highest BCUT2D eigenvalue weighted by Gasteiger charge is 2.08. The van der Waals surface area contributed by atoms with Crippen LogP contribution < -0.4 is 5.32 Å². The number of halogens is 1. The van der Waals surface area contributed by atoms with Gasteiger partial charge in [0.2, 0.25) is 0 Å². The van der Waals surface area contributed by atoms with Gasteiger partial charge in [-0.2, -0.15) is 0 Å². The van der Waals surface area contributed by atoms with Gasteiger partial charge in [0.05, 0.1) is 17.6 Å². The Labute approximate surface area is 116 Å². The lowest BCUT2D eigenvalue weighted by molar-refractivity contribution is 0.640. The molecule has 0 aliphatic heterocycles. The maximum Gasteiger partial charge on any atom is 0.0783 e. The van der Waals surface area contributed by atoms with Crippen molar-refractivity contribution in [1.29, 1.82) is 0 Å². The Balaban J connectivity index is 2.25. The van der Waals surface area contributed by atoms with E-state index < -0.39 is 0 Å². The number of nitrogens with zero attached hydrogens (tertiary/aromatic N) is 3. The molecule has 1 aromatic carbocycles. The van der Waals surface area contributed by atoms with Crippen molar-refractivity contribution in [2.24, 2.45) is 0 Å². The highest BCUT2D eigenvalue weighted by Crippen LogP contribution is 2.19. The predicted molar refractivity (Wildman–Crippen MR) is 75.8 cm³/mol. The third-order valence-corrected chi connectivity index (χ3v) is 3.23. The zero-order valence-electron chi connectivity index (χ0n) is 10.7. The van der Waals surface area contributed by atoms with Gasteiger partial charge in [-0.05, 0) is 43.7 Å². The molecule has 4 nitrogen and oxygen atoms in total. The summed E-state index contributed by atoms with van der Waals surface area (Å²) in [7, 11) is 0. The third kappa shape index (κ3) is 2.97. The molecule has 0 aliphatic carbocycles. The Morgan fingerprint density at radius 1 is 1.39 bits per heavy atom. The monoisotopic (exact) mass is 308 g/mol. The summed E-state index contributed by atoms with van der Waals surface area (Å²) in [6.45, 7) is 6.02. The fourth-order valence-corrected chi connectivity index (χ4v) is 2.30. The van der Waals surface area contributed by atoms with Gasteiger partial charge in [-0.1, -0.05) is 28.1 Å². The van der Waals surface area contributed by atoms with Crippen molar-refractivity contribution in [3.8, 4) is 5.69 Å². The molecule has 0 radical (unpaired) electrons. The molecule has 96 valence electrons. The van der Waals surface area contributed by atoms with E-state index in [4.69, 9.17) is 0 Å². The molecule has 1 aromatic heterocycles. The Kier molecular flexibility index (Phi) is 4.49. The van der Waals surface area contributed by atoms with E-state index in [0.717, 1.165) is 35.4 Å². The van der Waals surface area contributed by atoms with Crippen molar-refractivity contribution >= 4 is 15.9 Å². The SMILES string of the molecule is CCCNCc1cnnn1-c1ccc(Br)cc1C. The molecule has 0 atom stereocenters. The normalized spacial score (nSPS) is 10.8. The summed E-state index contributed by atoms with van der Waals surface area (Å²) in [4.78, 5) is 0. The van der Waals surface area contributed by atoms with Crippen molar-refractivity contribution in [3.05, 3.63) is 40.1 Å². The van der Waals surface area contributed by atoms with Gasteiger partial charge in [0.25, 0.3) is 0 Å². The van der Waals surface area contributed by atoms with E-state index in [9.17, 15) is 0 Å². The second kappa shape index (κ2) is 6.11. The van der Waals surface area contributed by atoms with Gasteiger partial charge in [-0.25, -0.2) is 4.68 Å². The number of hydrogen-bond donors (Lipinski definition) is 1. The van der Waals surface area contributed by atoms with Crippen molar-refractivity contribution in [2.75, 3.05) is 6.54 Å². The van der Waals surface area contributed by atoms with Gasteiger partial charge in [0.1, 0.15) is 0 Å². The van der Waals surface area contributed by atoms with Crippen LogP contribution in [0.1, 0.15) is 24.6 Å². The largest absolute Gasteiger partial charge is 0.311 e. The first-order valence-corrected chi connectivity index (χ1v) is 6.88. The van der Waals surface area contributed by atoms with Crippen molar-refractivity contribution in [1.82, 2.24) is 20.3 Å². The summed E-state index contributed by atoms with van der Waals surface area (Å²) in [5.41, 5.74) is 3.32. The van der Waals surface area contributed by atoms with Crippen LogP contribution >= 0.6 is 15.9 Å². The van der Waals surface area contributed by atoms with Crippen LogP contribution in [0, 0.1) is 6.92 Å². The Bertz CT molecular complexity index is 521. The molecule has 1 N–H and O–H groups in total. The Morgan fingerprint density at radius 2 is 2.22 bits per heavy atom. The lowest BCUT2D eigenvalue weighted by Gasteiger charge is -2.10. The van der Waals surface area contributed by atoms with Crippen LogP contribution in [0.5, 0.6) is 0 Å². The summed E-state index contributed by atoms with van der Waals surface area (Å²) in [5, 5.41) is 11.5. The summed E-state index contributed by atoms with van der Waals surface area (Å²) < 4.78 is 2.97. The van der Waals surface area contributed by atoms with Gasteiger partial charge in [-0.3, -0.25) is 0 Å². The minimum absolute atomic E-state index is 0.788. The van der Waals surface area contributed by atoms with Crippen LogP contribution in [0.25, 0.3) is 5.69 Å². The Morgan fingerprint density at radius 3 is 2.94 bits per heavy atom. The van der Waals surface area contributed by atoms with Gasteiger partial charge in [-0.15, -0.1) is 5.10 Å². The Hall–Kier alpha value is -1.20. The predicted octanol–water partition coefficient (Wildman–Crippen LogP) is 2.84. The molecule has 2 aromatic rings. The summed E-state index contributed by atoms with van der Waals surface area (Å²) in [5.74, 6) is 0. The first kappa shape index (κ1) is 13.2. The zero-order chi connectivity index (χ0) is 13.0. The van der Waals surface area contributed by atoms with Gasteiger partial charge in [0.15, 0.2) is 0 Å². The quantitative estimate of drug-likeness (QED) is 0.864. The lowest BCUT2D eigenvalue weighted by atomic mass is 10.2. The molecule has 0 spiro atoms. The van der Waals surface area contributed by atoms with Crippen LogP contribution in [-0.4, -0.2) is 21.5 Å². The van der Waals surface area contributed by atoms with E-state index in [1.807, 2.05) is 16.9 Å². The van der Waals surface area contributed by atoms with Crippen LogP contribution in [0.15, 0.2) is 28.9 Å². The van der Waals surface area contributed by atoms with Crippen LogP contribution in [0.2, 0.25) is 0 Å². The number of rotatable bonds is 5. The van der Waals surface area contributed by atoms with E-state index in [0.29, 0.717) is 0 Å². The molecule has 0 amide bonds. The summed E-state index contributed by atoms with van der Waals surface area (Å²) in [6.07, 6.45) is 2.93. The molecule has 0 unspecified atom stereocenters. The van der Waals surface area contributed by atoms with Crippen molar-refractivity contribution < 1.29 is 0 Å². The molecule has 5 heteroatoms. The first-order chi connectivity index (χ1) is 8.72. The van der Waals surface area contributed by atoms with Crippen molar-refractivity contribution in [2.45, 2.75) is 26.8 Å². The number of aromatic nitrogens is 3. The average Bonchev–Trinajstić information content (AvgIpc) is 2.78. The highest BCUT2D eigenvalue weighted by molar-refractivity contribution is 9.10. The molecule has 2 rings (SSSR count). The number of hydrogen-bond acceptors (Lipinski definition) is 3. The minimum Gasteiger partial charge on any atom is -0.311 e. The summed E-state index contributed by atoms with van der Waals surface area (Å²) in [6, 6.07) is 6.16. The highest BCUT2D eigenvalue weighted by atomic mass is 79.9. The van der Waals surface area contributed by atoms with E-state index in [-0.39, 0.29) is 0 Å². The number of aryl methyl sites for hydroxylation is 1. The number of nitrogens with one attached hydrogen (secondary N) is 1. The van der Waals surface area contributed by atoms with Gasteiger partial charge < -0.3 is 5.32 Å². The molecule has 0 bridgehead atoms. The van der Waals surface area contributed by atoms with E-state index in [1.54, 1.807) is 0 Å². The van der Waals surface area contributed by atoms with Crippen LogP contribution in [0.3, 0.4) is 0 Å². The zero-order valence-corrected chi connectivity index (χ0v) is 12.2. The van der Waals surface area contributed by atoms with Crippen LogP contribution in [0.4, 0.5) is 0 Å². The molecular weight excluding hydrogens is 292 g/mol. The maximum absolute atomic E-state index is 4.17. The third-order valence-electron chi connectivity index (χ3n) is 2.74. The maximum atomic E-state index is 4.17. The fraction of sp³-hybridized carbons (Fsp3) is 0.385. The second-order valence-electron chi connectivity index (χ2n) is 4.24. The molecule has 18 heavy (non-hydrogen) atoms. The molecule has 0 fully saturated rings. The van der Waals surface area contributed by atoms with Gasteiger partial charge in [0, 0.05) is 11.0 Å². The molecule has 0 saturated heterocycles. The average molecular weight is 309 g/mol. The number of benzene rings is 1. The molecule has 1 heterocycles. The van der Waals surface area contributed by atoms with Gasteiger partial charge >= 0.3 is 0 Å². The second-order valence-corrected chi connectivity index (χ2v) is 5.16.